The van der Waals surface area contributed by atoms with E-state index in [4.69, 9.17) is 10.5 Å². The highest BCUT2D eigenvalue weighted by Gasteiger charge is 2.38. The van der Waals surface area contributed by atoms with Crippen molar-refractivity contribution in [3.63, 3.8) is 0 Å². The van der Waals surface area contributed by atoms with E-state index in [0.717, 1.165) is 5.56 Å². The molecule has 0 spiro atoms. The number of hydrogen-bond donors (Lipinski definition) is 2. The van der Waals surface area contributed by atoms with E-state index in [1.54, 1.807) is 42.1 Å². The van der Waals surface area contributed by atoms with Crippen molar-refractivity contribution in [2.75, 3.05) is 6.54 Å². The number of nitrogens with two attached hydrogens (primary N) is 1. The smallest absolute Gasteiger partial charge is 0.271 e. The van der Waals surface area contributed by atoms with Gasteiger partial charge in [-0.2, -0.15) is 0 Å². The number of primary amides is 1. The third kappa shape index (κ3) is 5.49. The average molecular weight is 430 g/mol. The van der Waals surface area contributed by atoms with Crippen LogP contribution in [-0.4, -0.2) is 51.9 Å². The number of ether oxygens (including phenoxy) is 1. The van der Waals surface area contributed by atoms with Crippen LogP contribution in [-0.2, 0) is 28.0 Å². The molecule has 1 aromatic heterocycles. The standard InChI is InChI=1S/C22H27FN4O4/c1-14(20(24)28)25-21(29)19-12-17(31-13-15-5-7-16(23)8-6-15)9-11-27(19)22(30)18-4-3-10-26(18)2/h3-8,10,14,17,19H,9,11-13H2,1-2H3,(H2,24,28)(H,25,29). The van der Waals surface area contributed by atoms with Crippen LogP contribution in [0, 0.1) is 5.82 Å². The molecule has 8 nitrogen and oxygen atoms in total. The summed E-state index contributed by atoms with van der Waals surface area (Å²) < 4.78 is 20.7. The van der Waals surface area contributed by atoms with Gasteiger partial charge in [-0.15, -0.1) is 0 Å². The first-order chi connectivity index (χ1) is 14.8. The number of nitrogens with zero attached hydrogens (tertiary/aromatic N) is 2. The lowest BCUT2D eigenvalue weighted by Crippen LogP contribution is -2.57. The summed E-state index contributed by atoms with van der Waals surface area (Å²) >= 11 is 0. The number of piperidine rings is 1. The minimum atomic E-state index is -0.861. The highest BCUT2D eigenvalue weighted by molar-refractivity contribution is 5.97. The zero-order valence-electron chi connectivity index (χ0n) is 17.6. The number of carbonyl (C=O) groups excluding carboxylic acids is 3. The molecule has 3 unspecified atom stereocenters. The van der Waals surface area contributed by atoms with E-state index in [-0.39, 0.29) is 30.9 Å². The Morgan fingerprint density at radius 3 is 2.58 bits per heavy atom. The first-order valence-electron chi connectivity index (χ1n) is 10.1. The summed E-state index contributed by atoms with van der Waals surface area (Å²) in [6.45, 7) is 2.08. The van der Waals surface area contributed by atoms with E-state index in [0.29, 0.717) is 18.7 Å². The predicted molar refractivity (Wildman–Crippen MR) is 111 cm³/mol. The number of hydrogen-bond acceptors (Lipinski definition) is 4. The van der Waals surface area contributed by atoms with Crippen molar-refractivity contribution < 1.29 is 23.5 Å². The molecule has 3 amide bonds. The third-order valence-corrected chi connectivity index (χ3v) is 5.47. The molecule has 31 heavy (non-hydrogen) atoms. The van der Waals surface area contributed by atoms with Gasteiger partial charge in [0.25, 0.3) is 5.91 Å². The third-order valence-electron chi connectivity index (χ3n) is 5.47. The normalized spacial score (nSPS) is 19.6. The van der Waals surface area contributed by atoms with Crippen LogP contribution in [0.3, 0.4) is 0 Å². The number of nitrogens with one attached hydrogen (secondary N) is 1. The molecule has 166 valence electrons. The summed E-state index contributed by atoms with van der Waals surface area (Å²) in [7, 11) is 1.76. The van der Waals surface area contributed by atoms with Gasteiger partial charge in [0, 0.05) is 26.2 Å². The number of benzene rings is 1. The Labute approximate surface area is 180 Å². The van der Waals surface area contributed by atoms with Gasteiger partial charge < -0.3 is 25.3 Å². The highest BCUT2D eigenvalue weighted by atomic mass is 19.1. The first-order valence-corrected chi connectivity index (χ1v) is 10.1. The number of aryl methyl sites for hydroxylation is 1. The minimum absolute atomic E-state index is 0.267. The Balaban J connectivity index is 1.73. The van der Waals surface area contributed by atoms with E-state index >= 15 is 0 Å². The molecule has 2 aromatic rings. The molecule has 1 aliphatic heterocycles. The van der Waals surface area contributed by atoms with Gasteiger partial charge in [0.05, 0.1) is 12.7 Å². The van der Waals surface area contributed by atoms with Crippen molar-refractivity contribution in [2.24, 2.45) is 12.8 Å². The number of likely N-dealkylation sites (tertiary alicyclic amines) is 1. The van der Waals surface area contributed by atoms with Crippen molar-refractivity contribution in [1.82, 2.24) is 14.8 Å². The lowest BCUT2D eigenvalue weighted by atomic mass is 9.97. The number of amides is 3. The summed E-state index contributed by atoms with van der Waals surface area (Å²) in [5, 5.41) is 2.58. The Hall–Kier alpha value is -3.20. The van der Waals surface area contributed by atoms with E-state index in [2.05, 4.69) is 5.32 Å². The van der Waals surface area contributed by atoms with Gasteiger partial charge in [-0.3, -0.25) is 14.4 Å². The van der Waals surface area contributed by atoms with Gasteiger partial charge in [-0.05, 0) is 43.2 Å². The second-order valence-corrected chi connectivity index (χ2v) is 7.74. The van der Waals surface area contributed by atoms with Crippen molar-refractivity contribution in [3.8, 4) is 0 Å². The fourth-order valence-corrected chi connectivity index (χ4v) is 3.58. The summed E-state index contributed by atoms with van der Waals surface area (Å²) in [5.74, 6) is -1.70. The molecular weight excluding hydrogens is 403 g/mol. The molecule has 3 rings (SSSR count). The van der Waals surface area contributed by atoms with Crippen LogP contribution in [0.5, 0.6) is 0 Å². The highest BCUT2D eigenvalue weighted by Crippen LogP contribution is 2.24. The van der Waals surface area contributed by atoms with Crippen LogP contribution < -0.4 is 11.1 Å². The van der Waals surface area contributed by atoms with Crippen LogP contribution in [0.15, 0.2) is 42.6 Å². The summed E-state index contributed by atoms with van der Waals surface area (Å²) in [6, 6.07) is 7.79. The maximum atomic E-state index is 13.1. The largest absolute Gasteiger partial charge is 0.373 e. The van der Waals surface area contributed by atoms with Gasteiger partial charge in [-0.25, -0.2) is 4.39 Å². The van der Waals surface area contributed by atoms with Crippen molar-refractivity contribution in [1.29, 1.82) is 0 Å². The molecule has 3 N–H and O–H groups in total. The Morgan fingerprint density at radius 2 is 1.97 bits per heavy atom. The molecule has 0 radical (unpaired) electrons. The summed E-state index contributed by atoms with van der Waals surface area (Å²) in [4.78, 5) is 38.9. The van der Waals surface area contributed by atoms with Crippen LogP contribution in [0.2, 0.25) is 0 Å². The summed E-state index contributed by atoms with van der Waals surface area (Å²) in [6.07, 6.45) is 2.30. The molecule has 1 aromatic carbocycles. The second-order valence-electron chi connectivity index (χ2n) is 7.74. The number of rotatable bonds is 7. The van der Waals surface area contributed by atoms with Gasteiger partial charge >= 0.3 is 0 Å². The lowest BCUT2D eigenvalue weighted by molar-refractivity contribution is -0.132. The predicted octanol–water partition coefficient (Wildman–Crippen LogP) is 1.34. The van der Waals surface area contributed by atoms with Gasteiger partial charge in [-0.1, -0.05) is 12.1 Å². The van der Waals surface area contributed by atoms with Crippen LogP contribution in [0.4, 0.5) is 4.39 Å². The maximum Gasteiger partial charge on any atom is 0.271 e. The number of carbonyl (C=O) groups is 3. The van der Waals surface area contributed by atoms with E-state index in [9.17, 15) is 18.8 Å². The average Bonchev–Trinajstić information content (AvgIpc) is 3.18. The van der Waals surface area contributed by atoms with Crippen molar-refractivity contribution >= 4 is 17.7 Å². The second kappa shape index (κ2) is 9.74. The van der Waals surface area contributed by atoms with Gasteiger partial charge in [0.1, 0.15) is 23.6 Å². The molecular formula is C22H27FN4O4. The molecule has 3 atom stereocenters. The van der Waals surface area contributed by atoms with Crippen LogP contribution in [0.25, 0.3) is 0 Å². The Kier molecular flexibility index (Phi) is 7.06. The quantitative estimate of drug-likeness (QED) is 0.691. The first kappa shape index (κ1) is 22.5. The molecule has 1 aliphatic rings. The zero-order valence-corrected chi connectivity index (χ0v) is 17.6. The van der Waals surface area contributed by atoms with Crippen molar-refractivity contribution in [3.05, 3.63) is 59.7 Å². The van der Waals surface area contributed by atoms with Gasteiger partial charge in [0.2, 0.25) is 11.8 Å². The fourth-order valence-electron chi connectivity index (χ4n) is 3.58. The van der Waals surface area contributed by atoms with Crippen LogP contribution >= 0.6 is 0 Å². The summed E-state index contributed by atoms with van der Waals surface area (Å²) in [5.41, 5.74) is 6.54. The number of halogens is 1. The zero-order chi connectivity index (χ0) is 22.5. The number of aromatic nitrogens is 1. The molecule has 0 bridgehead atoms. The van der Waals surface area contributed by atoms with E-state index in [1.165, 1.54) is 24.0 Å². The van der Waals surface area contributed by atoms with Gasteiger partial charge in [0.15, 0.2) is 0 Å². The van der Waals surface area contributed by atoms with Crippen molar-refractivity contribution in [2.45, 2.75) is 44.6 Å². The Bertz CT molecular complexity index is 943. The Morgan fingerprint density at radius 1 is 1.26 bits per heavy atom. The molecule has 1 fully saturated rings. The molecule has 2 heterocycles. The SMILES string of the molecule is CC(NC(=O)C1CC(OCc2ccc(F)cc2)CCN1C(=O)c1cccn1C)C(N)=O. The molecule has 0 aliphatic carbocycles. The van der Waals surface area contributed by atoms with E-state index < -0.39 is 23.9 Å². The molecule has 1 saturated heterocycles. The maximum absolute atomic E-state index is 13.1. The molecule has 9 heteroatoms. The lowest BCUT2D eigenvalue weighted by Gasteiger charge is -2.38. The fraction of sp³-hybridized carbons (Fsp3) is 0.409. The molecule has 0 saturated carbocycles. The minimum Gasteiger partial charge on any atom is -0.373 e. The topological polar surface area (TPSA) is 107 Å². The monoisotopic (exact) mass is 430 g/mol. The van der Waals surface area contributed by atoms with E-state index in [1.807, 2.05) is 0 Å². The van der Waals surface area contributed by atoms with Crippen LogP contribution in [0.1, 0.15) is 35.8 Å².